The second-order valence-electron chi connectivity index (χ2n) is 5.98. The first-order valence-electron chi connectivity index (χ1n) is 8.20. The van der Waals surface area contributed by atoms with E-state index in [9.17, 15) is 4.79 Å². The highest BCUT2D eigenvalue weighted by Gasteiger charge is 2.19. The lowest BCUT2D eigenvalue weighted by atomic mass is 10.0. The number of hydrogen-bond acceptors (Lipinski definition) is 3. The largest absolute Gasteiger partial charge is 0.349 e. The molecule has 0 aliphatic heterocycles. The Labute approximate surface area is 137 Å². The Balaban J connectivity index is 2.12. The van der Waals surface area contributed by atoms with Crippen LogP contribution in [0.1, 0.15) is 55.0 Å². The van der Waals surface area contributed by atoms with Crippen LogP contribution in [0.25, 0.3) is 0 Å². The third-order valence-electron chi connectivity index (χ3n) is 4.48. The van der Waals surface area contributed by atoms with Gasteiger partial charge >= 0.3 is 0 Å². The van der Waals surface area contributed by atoms with Crippen molar-refractivity contribution in [2.24, 2.45) is 14.1 Å². The average molecular weight is 317 g/mol. The van der Waals surface area contributed by atoms with E-state index in [0.29, 0.717) is 6.42 Å². The lowest BCUT2D eigenvalue weighted by Gasteiger charge is -2.14. The summed E-state index contributed by atoms with van der Waals surface area (Å²) in [6, 6.07) is -0.0528. The molecular formula is C17H27N5O. The summed E-state index contributed by atoms with van der Waals surface area (Å²) in [4.78, 5) is 12.5. The van der Waals surface area contributed by atoms with Gasteiger partial charge in [0, 0.05) is 36.6 Å². The van der Waals surface area contributed by atoms with E-state index in [2.05, 4.69) is 29.4 Å². The van der Waals surface area contributed by atoms with Crippen LogP contribution < -0.4 is 5.32 Å². The summed E-state index contributed by atoms with van der Waals surface area (Å²) >= 11 is 0. The van der Waals surface area contributed by atoms with Gasteiger partial charge in [0.05, 0.1) is 24.4 Å². The fourth-order valence-corrected chi connectivity index (χ4v) is 3.07. The Hall–Kier alpha value is -2.11. The number of nitrogens with one attached hydrogen (secondary N) is 1. The van der Waals surface area contributed by atoms with E-state index < -0.39 is 0 Å². The first-order valence-corrected chi connectivity index (χ1v) is 8.20. The first kappa shape index (κ1) is 17.2. The maximum absolute atomic E-state index is 12.5. The molecule has 1 unspecified atom stereocenters. The molecule has 0 aliphatic rings. The molecule has 1 atom stereocenters. The molecule has 126 valence electrons. The molecule has 6 heteroatoms. The van der Waals surface area contributed by atoms with Crippen molar-refractivity contribution in [3.8, 4) is 0 Å². The van der Waals surface area contributed by atoms with Crippen molar-refractivity contribution in [1.29, 1.82) is 0 Å². The molecule has 23 heavy (non-hydrogen) atoms. The number of carbonyl (C=O) groups excluding carboxylic acids is 1. The number of carbonyl (C=O) groups is 1. The second-order valence-corrected chi connectivity index (χ2v) is 5.98. The van der Waals surface area contributed by atoms with Crippen LogP contribution in [-0.4, -0.2) is 25.5 Å². The molecule has 0 bridgehead atoms. The minimum Gasteiger partial charge on any atom is -0.349 e. The summed E-state index contributed by atoms with van der Waals surface area (Å²) in [6.07, 6.45) is 3.92. The van der Waals surface area contributed by atoms with Crippen molar-refractivity contribution in [1.82, 2.24) is 24.9 Å². The van der Waals surface area contributed by atoms with Gasteiger partial charge in [-0.3, -0.25) is 14.2 Å². The highest BCUT2D eigenvalue weighted by atomic mass is 16.1. The average Bonchev–Trinajstić information content (AvgIpc) is 2.99. The van der Waals surface area contributed by atoms with Gasteiger partial charge in [-0.15, -0.1) is 0 Å². The minimum absolute atomic E-state index is 0.0261. The third kappa shape index (κ3) is 3.46. The number of amides is 1. The SMILES string of the molecule is CCc1nn(C)c(CC)c1CC(=O)NC(C)c1cnn(C)c1C. The van der Waals surface area contributed by atoms with Crippen molar-refractivity contribution in [3.63, 3.8) is 0 Å². The van der Waals surface area contributed by atoms with Crippen molar-refractivity contribution in [2.75, 3.05) is 0 Å². The molecule has 1 N–H and O–H groups in total. The molecule has 0 radical (unpaired) electrons. The molecule has 0 saturated heterocycles. The minimum atomic E-state index is -0.0528. The Morgan fingerprint density at radius 2 is 1.96 bits per heavy atom. The van der Waals surface area contributed by atoms with Gasteiger partial charge in [-0.1, -0.05) is 13.8 Å². The van der Waals surface area contributed by atoms with Gasteiger partial charge in [-0.05, 0) is 26.7 Å². The monoisotopic (exact) mass is 317 g/mol. The summed E-state index contributed by atoms with van der Waals surface area (Å²) in [7, 11) is 3.85. The van der Waals surface area contributed by atoms with E-state index in [1.165, 1.54) is 0 Å². The van der Waals surface area contributed by atoms with Crippen LogP contribution in [0, 0.1) is 6.92 Å². The van der Waals surface area contributed by atoms with Crippen LogP contribution in [0.5, 0.6) is 0 Å². The topological polar surface area (TPSA) is 64.7 Å². The van der Waals surface area contributed by atoms with E-state index >= 15 is 0 Å². The van der Waals surface area contributed by atoms with E-state index in [0.717, 1.165) is 41.1 Å². The van der Waals surface area contributed by atoms with Gasteiger partial charge in [0.15, 0.2) is 0 Å². The number of hydrogen-bond donors (Lipinski definition) is 1. The zero-order valence-electron chi connectivity index (χ0n) is 15.0. The zero-order chi connectivity index (χ0) is 17.1. The van der Waals surface area contributed by atoms with Gasteiger partial charge in [0.25, 0.3) is 0 Å². The Morgan fingerprint density at radius 1 is 1.26 bits per heavy atom. The summed E-state index contributed by atoms with van der Waals surface area (Å²) < 4.78 is 3.72. The Bertz CT molecular complexity index is 698. The zero-order valence-corrected chi connectivity index (χ0v) is 15.0. The van der Waals surface area contributed by atoms with E-state index in [1.54, 1.807) is 0 Å². The molecule has 2 aromatic heterocycles. The van der Waals surface area contributed by atoms with Crippen LogP contribution in [-0.2, 0) is 38.2 Å². The van der Waals surface area contributed by atoms with E-state index in [1.807, 2.05) is 43.5 Å². The summed E-state index contributed by atoms with van der Waals surface area (Å²) in [6.45, 7) is 8.17. The molecule has 2 heterocycles. The molecular weight excluding hydrogens is 290 g/mol. The van der Waals surface area contributed by atoms with Crippen LogP contribution in [0.15, 0.2) is 6.20 Å². The van der Waals surface area contributed by atoms with Crippen LogP contribution in [0.3, 0.4) is 0 Å². The standard InChI is InChI=1S/C17H27N5O/c1-7-15-13(16(8-2)22(6)20-15)9-17(23)19-11(3)14-10-18-21(5)12(14)4/h10-11H,7-9H2,1-6H3,(H,19,23). The smallest absolute Gasteiger partial charge is 0.225 e. The lowest BCUT2D eigenvalue weighted by molar-refractivity contribution is -0.121. The number of rotatable bonds is 6. The number of aryl methyl sites for hydroxylation is 3. The predicted molar refractivity (Wildman–Crippen MR) is 90.2 cm³/mol. The molecule has 0 aliphatic carbocycles. The first-order chi connectivity index (χ1) is 10.9. The molecule has 6 nitrogen and oxygen atoms in total. The molecule has 2 aromatic rings. The highest BCUT2D eigenvalue weighted by molar-refractivity contribution is 5.79. The predicted octanol–water partition coefficient (Wildman–Crippen LogP) is 2.01. The quantitative estimate of drug-likeness (QED) is 0.886. The molecule has 0 fully saturated rings. The van der Waals surface area contributed by atoms with Gasteiger partial charge in [-0.2, -0.15) is 10.2 Å². The Morgan fingerprint density at radius 3 is 2.48 bits per heavy atom. The Kier molecular flexibility index (Phi) is 5.23. The molecule has 0 saturated carbocycles. The highest BCUT2D eigenvalue weighted by Crippen LogP contribution is 2.19. The maximum atomic E-state index is 12.5. The lowest BCUT2D eigenvalue weighted by Crippen LogP contribution is -2.29. The summed E-state index contributed by atoms with van der Waals surface area (Å²) in [5, 5.41) is 11.9. The van der Waals surface area contributed by atoms with Crippen LogP contribution in [0.2, 0.25) is 0 Å². The van der Waals surface area contributed by atoms with Crippen LogP contribution >= 0.6 is 0 Å². The molecule has 1 amide bonds. The molecule has 0 aromatic carbocycles. The fourth-order valence-electron chi connectivity index (χ4n) is 3.07. The van der Waals surface area contributed by atoms with Gasteiger partial charge in [0.1, 0.15) is 0 Å². The van der Waals surface area contributed by atoms with Crippen molar-refractivity contribution < 1.29 is 4.79 Å². The fraction of sp³-hybridized carbons (Fsp3) is 0.588. The summed E-state index contributed by atoms with van der Waals surface area (Å²) in [5.41, 5.74) is 5.36. The number of nitrogens with zero attached hydrogens (tertiary/aromatic N) is 4. The van der Waals surface area contributed by atoms with Crippen molar-refractivity contribution >= 4 is 5.91 Å². The van der Waals surface area contributed by atoms with Gasteiger partial charge in [0.2, 0.25) is 5.91 Å². The van der Waals surface area contributed by atoms with Gasteiger partial charge < -0.3 is 5.32 Å². The summed E-state index contributed by atoms with van der Waals surface area (Å²) in [5.74, 6) is 0.0261. The van der Waals surface area contributed by atoms with Crippen LogP contribution in [0.4, 0.5) is 0 Å². The van der Waals surface area contributed by atoms with Crippen molar-refractivity contribution in [3.05, 3.63) is 34.4 Å². The van der Waals surface area contributed by atoms with Gasteiger partial charge in [-0.25, -0.2) is 0 Å². The van der Waals surface area contributed by atoms with E-state index in [4.69, 9.17) is 0 Å². The normalized spacial score (nSPS) is 12.4. The molecule has 0 spiro atoms. The van der Waals surface area contributed by atoms with Crippen molar-refractivity contribution in [2.45, 2.75) is 53.0 Å². The second kappa shape index (κ2) is 6.98. The maximum Gasteiger partial charge on any atom is 0.225 e. The number of aromatic nitrogens is 4. The third-order valence-corrected chi connectivity index (χ3v) is 4.48. The molecule has 2 rings (SSSR count). The van der Waals surface area contributed by atoms with E-state index in [-0.39, 0.29) is 11.9 Å².